The average Bonchev–Trinajstić information content (AvgIpc) is 2.85. The summed E-state index contributed by atoms with van der Waals surface area (Å²) in [7, 11) is 0. The van der Waals surface area contributed by atoms with Crippen molar-refractivity contribution < 1.29 is 8.78 Å². The van der Waals surface area contributed by atoms with Crippen molar-refractivity contribution in [1.29, 1.82) is 0 Å². The number of benzene rings is 2. The van der Waals surface area contributed by atoms with Crippen molar-refractivity contribution >= 4 is 11.8 Å². The van der Waals surface area contributed by atoms with Crippen LogP contribution in [0, 0.1) is 11.6 Å². The van der Waals surface area contributed by atoms with E-state index in [1.54, 1.807) is 17.8 Å². The summed E-state index contributed by atoms with van der Waals surface area (Å²) in [6.07, 6.45) is 0.790. The fourth-order valence-electron chi connectivity index (χ4n) is 2.39. The molecule has 0 aromatic heterocycles. The van der Waals surface area contributed by atoms with Crippen molar-refractivity contribution in [3.05, 3.63) is 65.2 Å². The van der Waals surface area contributed by atoms with Crippen LogP contribution in [-0.2, 0) is 6.42 Å². The Morgan fingerprint density at radius 1 is 1.11 bits per heavy atom. The summed E-state index contributed by atoms with van der Waals surface area (Å²) in [6.45, 7) is 0. The van der Waals surface area contributed by atoms with Crippen LogP contribution in [0.1, 0.15) is 17.2 Å². The van der Waals surface area contributed by atoms with Crippen LogP contribution in [0.3, 0.4) is 0 Å². The molecule has 1 heterocycles. The number of halogens is 2. The fraction of sp³-hybridized carbons (Fsp3) is 0.200. The van der Waals surface area contributed by atoms with Gasteiger partial charge in [-0.1, -0.05) is 30.3 Å². The van der Waals surface area contributed by atoms with E-state index in [4.69, 9.17) is 5.73 Å². The summed E-state index contributed by atoms with van der Waals surface area (Å²) in [5.74, 6) is -1.67. The standard InChI is InChI=1S/C15H13F2NS/c16-11-6-3-5-10(14(11)17)15(18)13-8-9-4-1-2-7-12(9)19-13/h1-7,13,15H,8,18H2. The second-order valence-corrected chi connectivity index (χ2v) is 5.92. The third-order valence-electron chi connectivity index (χ3n) is 3.41. The van der Waals surface area contributed by atoms with Crippen LogP contribution in [0.15, 0.2) is 47.4 Å². The first-order valence-electron chi connectivity index (χ1n) is 6.11. The molecule has 0 saturated carbocycles. The van der Waals surface area contributed by atoms with Crippen molar-refractivity contribution in [2.45, 2.75) is 22.6 Å². The molecule has 0 spiro atoms. The normalized spacial score (nSPS) is 19.2. The van der Waals surface area contributed by atoms with Gasteiger partial charge in [0, 0.05) is 21.8 Å². The maximum absolute atomic E-state index is 13.8. The van der Waals surface area contributed by atoms with Crippen LogP contribution in [0.25, 0.3) is 0 Å². The summed E-state index contributed by atoms with van der Waals surface area (Å²) in [6, 6.07) is 11.7. The Hall–Kier alpha value is -1.39. The monoisotopic (exact) mass is 277 g/mol. The summed E-state index contributed by atoms with van der Waals surface area (Å²) >= 11 is 1.64. The molecule has 1 aliphatic heterocycles. The highest BCUT2D eigenvalue weighted by atomic mass is 32.2. The van der Waals surface area contributed by atoms with Crippen LogP contribution in [-0.4, -0.2) is 5.25 Å². The van der Waals surface area contributed by atoms with Crippen LogP contribution in [0.4, 0.5) is 8.78 Å². The molecule has 2 N–H and O–H groups in total. The first-order valence-corrected chi connectivity index (χ1v) is 6.99. The van der Waals surface area contributed by atoms with Crippen LogP contribution in [0.5, 0.6) is 0 Å². The van der Waals surface area contributed by atoms with Gasteiger partial charge in [-0.05, 0) is 24.1 Å². The van der Waals surface area contributed by atoms with Gasteiger partial charge in [-0.25, -0.2) is 8.78 Å². The predicted octanol–water partition coefficient (Wildman–Crippen LogP) is 3.68. The number of hydrogen-bond donors (Lipinski definition) is 1. The second kappa shape index (κ2) is 4.94. The molecule has 0 saturated heterocycles. The molecule has 1 aliphatic rings. The molecular weight excluding hydrogens is 264 g/mol. The maximum atomic E-state index is 13.8. The minimum atomic E-state index is -0.839. The van der Waals surface area contributed by atoms with Gasteiger partial charge in [0.15, 0.2) is 11.6 Å². The molecular formula is C15H13F2NS. The van der Waals surface area contributed by atoms with Gasteiger partial charge < -0.3 is 5.73 Å². The van der Waals surface area contributed by atoms with Crippen molar-refractivity contribution in [2.24, 2.45) is 5.73 Å². The fourth-order valence-corrected chi connectivity index (χ4v) is 3.73. The van der Waals surface area contributed by atoms with Gasteiger partial charge >= 0.3 is 0 Å². The third kappa shape index (κ3) is 2.26. The van der Waals surface area contributed by atoms with E-state index in [1.165, 1.54) is 16.5 Å². The molecule has 0 amide bonds. The number of nitrogens with two attached hydrogens (primary N) is 1. The molecule has 19 heavy (non-hydrogen) atoms. The highest BCUT2D eigenvalue weighted by Crippen LogP contribution is 2.42. The molecule has 2 unspecified atom stereocenters. The van der Waals surface area contributed by atoms with Crippen molar-refractivity contribution in [3.8, 4) is 0 Å². The number of hydrogen-bond acceptors (Lipinski definition) is 2. The lowest BCUT2D eigenvalue weighted by atomic mass is 9.99. The maximum Gasteiger partial charge on any atom is 0.163 e. The Morgan fingerprint density at radius 3 is 2.68 bits per heavy atom. The van der Waals surface area contributed by atoms with Gasteiger partial charge in [0.1, 0.15) is 0 Å². The summed E-state index contributed by atoms with van der Waals surface area (Å²) in [5, 5.41) is 0.0497. The first kappa shape index (κ1) is 12.6. The highest BCUT2D eigenvalue weighted by Gasteiger charge is 2.30. The molecule has 2 aromatic rings. The minimum absolute atomic E-state index is 0.0497. The van der Waals surface area contributed by atoms with Gasteiger partial charge in [-0.3, -0.25) is 0 Å². The topological polar surface area (TPSA) is 26.0 Å². The van der Waals surface area contributed by atoms with Crippen molar-refractivity contribution in [3.63, 3.8) is 0 Å². The molecule has 0 fully saturated rings. The van der Waals surface area contributed by atoms with Crippen molar-refractivity contribution in [2.75, 3.05) is 0 Å². The number of thioether (sulfide) groups is 1. The van der Waals surface area contributed by atoms with Crippen LogP contribution >= 0.6 is 11.8 Å². The molecule has 4 heteroatoms. The van der Waals surface area contributed by atoms with Gasteiger partial charge in [-0.15, -0.1) is 11.8 Å². The lowest BCUT2D eigenvalue weighted by Gasteiger charge is -2.19. The molecule has 0 radical (unpaired) electrons. The van der Waals surface area contributed by atoms with Crippen LogP contribution in [0.2, 0.25) is 0 Å². The van der Waals surface area contributed by atoms with Crippen LogP contribution < -0.4 is 5.73 Å². The molecule has 1 nitrogen and oxygen atoms in total. The quantitative estimate of drug-likeness (QED) is 0.906. The van der Waals surface area contributed by atoms with Gasteiger partial charge in [0.2, 0.25) is 0 Å². The molecule has 0 bridgehead atoms. The Bertz CT molecular complexity index is 590. The third-order valence-corrected chi connectivity index (χ3v) is 4.83. The van der Waals surface area contributed by atoms with E-state index in [9.17, 15) is 8.78 Å². The molecule has 2 atom stereocenters. The molecule has 2 aromatic carbocycles. The average molecular weight is 277 g/mol. The Morgan fingerprint density at radius 2 is 1.89 bits per heavy atom. The van der Waals surface area contributed by atoms with Gasteiger partial charge in [-0.2, -0.15) is 0 Å². The van der Waals surface area contributed by atoms with Gasteiger partial charge in [0.25, 0.3) is 0 Å². The second-order valence-electron chi connectivity index (χ2n) is 4.64. The van der Waals surface area contributed by atoms with E-state index in [0.29, 0.717) is 0 Å². The zero-order chi connectivity index (χ0) is 13.4. The highest BCUT2D eigenvalue weighted by molar-refractivity contribution is 8.00. The van der Waals surface area contributed by atoms with E-state index in [0.717, 1.165) is 12.5 Å². The van der Waals surface area contributed by atoms with Crippen molar-refractivity contribution in [1.82, 2.24) is 0 Å². The zero-order valence-electron chi connectivity index (χ0n) is 10.1. The molecule has 0 aliphatic carbocycles. The minimum Gasteiger partial charge on any atom is -0.323 e. The number of rotatable bonds is 2. The lowest BCUT2D eigenvalue weighted by Crippen LogP contribution is -2.24. The largest absolute Gasteiger partial charge is 0.323 e. The Balaban J connectivity index is 1.87. The zero-order valence-corrected chi connectivity index (χ0v) is 11.0. The Labute approximate surface area is 114 Å². The van der Waals surface area contributed by atoms with E-state index >= 15 is 0 Å². The summed E-state index contributed by atoms with van der Waals surface area (Å²) in [5.41, 5.74) is 7.60. The van der Waals surface area contributed by atoms with E-state index in [1.807, 2.05) is 18.2 Å². The molecule has 3 rings (SSSR count). The van der Waals surface area contributed by atoms with E-state index < -0.39 is 17.7 Å². The van der Waals surface area contributed by atoms with E-state index in [-0.39, 0.29) is 10.8 Å². The number of fused-ring (bicyclic) bond motifs is 1. The summed E-state index contributed by atoms with van der Waals surface area (Å²) in [4.78, 5) is 1.18. The smallest absolute Gasteiger partial charge is 0.163 e. The summed E-state index contributed by atoms with van der Waals surface area (Å²) < 4.78 is 27.0. The lowest BCUT2D eigenvalue weighted by molar-refractivity contribution is 0.486. The molecule has 98 valence electrons. The van der Waals surface area contributed by atoms with E-state index in [2.05, 4.69) is 6.07 Å². The Kier molecular flexibility index (Phi) is 3.29. The predicted molar refractivity (Wildman–Crippen MR) is 73.1 cm³/mol. The first-order chi connectivity index (χ1) is 9.16. The SMILES string of the molecule is NC(c1cccc(F)c1F)C1Cc2ccccc2S1. The van der Waals surface area contributed by atoms with Gasteiger partial charge in [0.05, 0.1) is 0 Å².